The van der Waals surface area contributed by atoms with Crippen LogP contribution in [0.3, 0.4) is 0 Å². The topological polar surface area (TPSA) is 92.8 Å². The Hall–Kier alpha value is -6.00. The average Bonchev–Trinajstić information content (AvgIpc) is 3.84. The molecule has 0 saturated carbocycles. The highest BCUT2D eigenvalue weighted by atomic mass is 32.1. The summed E-state index contributed by atoms with van der Waals surface area (Å²) in [5.74, 6) is 2.59. The van der Waals surface area contributed by atoms with Crippen molar-refractivity contribution >= 4 is 34.5 Å². The second-order valence-corrected chi connectivity index (χ2v) is 12.6. The smallest absolute Gasteiger partial charge is 0.291 e. The normalized spacial score (nSPS) is 11.9. The van der Waals surface area contributed by atoms with Crippen LogP contribution in [0.2, 0.25) is 0 Å². The van der Waals surface area contributed by atoms with Gasteiger partial charge < -0.3 is 14.2 Å². The number of thiazole rings is 1. The third kappa shape index (κ3) is 7.06. The van der Waals surface area contributed by atoms with Crippen molar-refractivity contribution < 1.29 is 14.2 Å². The molecule has 10 heteroatoms. The lowest BCUT2D eigenvalue weighted by molar-refractivity contribution is 0.294. The number of benzene rings is 4. The first-order valence-electron chi connectivity index (χ1n) is 16.3. The summed E-state index contributed by atoms with van der Waals surface area (Å²) in [6, 6.07) is 31.7. The molecule has 0 spiro atoms. The van der Waals surface area contributed by atoms with Crippen molar-refractivity contribution in [1.29, 1.82) is 0 Å². The SMILES string of the molecule is CCCOc1ccc(/C=C/c2nc3s/c(=C\c4cn(-c5ccccc5)nc4-c4ccc(OCc5ccccc5)c(C)c4)c(=O)n3n2)cc1OC. The third-order valence-electron chi connectivity index (χ3n) is 8.01. The Bertz CT molecular complexity index is 2400. The van der Waals surface area contributed by atoms with Gasteiger partial charge in [0.2, 0.25) is 4.96 Å². The van der Waals surface area contributed by atoms with Crippen molar-refractivity contribution in [2.24, 2.45) is 0 Å². The van der Waals surface area contributed by atoms with Gasteiger partial charge in [-0.25, -0.2) is 4.68 Å². The molecule has 50 heavy (non-hydrogen) atoms. The van der Waals surface area contributed by atoms with Crippen molar-refractivity contribution in [2.75, 3.05) is 13.7 Å². The van der Waals surface area contributed by atoms with Crippen LogP contribution in [0.4, 0.5) is 0 Å². The maximum absolute atomic E-state index is 13.6. The third-order valence-corrected chi connectivity index (χ3v) is 8.97. The van der Waals surface area contributed by atoms with Gasteiger partial charge in [0.05, 0.1) is 23.9 Å². The number of aryl methyl sites for hydroxylation is 1. The van der Waals surface area contributed by atoms with E-state index in [1.807, 2.05) is 121 Å². The molecule has 7 rings (SSSR count). The van der Waals surface area contributed by atoms with Crippen LogP contribution in [0.15, 0.2) is 108 Å². The van der Waals surface area contributed by atoms with Gasteiger partial charge in [-0.05, 0) is 84.7 Å². The first kappa shape index (κ1) is 32.5. The second kappa shape index (κ2) is 14.6. The van der Waals surface area contributed by atoms with Crippen LogP contribution in [0.1, 0.15) is 41.4 Å². The number of methoxy groups -OCH3 is 1. The number of rotatable bonds is 12. The quantitative estimate of drug-likeness (QED) is 0.133. The summed E-state index contributed by atoms with van der Waals surface area (Å²) in [7, 11) is 1.62. The molecule has 7 aromatic rings. The van der Waals surface area contributed by atoms with Gasteiger partial charge in [0.15, 0.2) is 17.3 Å². The van der Waals surface area contributed by atoms with E-state index < -0.39 is 0 Å². The van der Waals surface area contributed by atoms with E-state index in [-0.39, 0.29) is 5.56 Å². The van der Waals surface area contributed by atoms with E-state index in [4.69, 9.17) is 19.3 Å². The predicted molar refractivity (Wildman–Crippen MR) is 198 cm³/mol. The largest absolute Gasteiger partial charge is 0.493 e. The molecular formula is C40H35N5O4S. The highest BCUT2D eigenvalue weighted by Gasteiger charge is 2.15. The maximum Gasteiger partial charge on any atom is 0.291 e. The number of ether oxygens (including phenoxy) is 3. The van der Waals surface area contributed by atoms with Gasteiger partial charge in [-0.15, -0.1) is 5.10 Å². The van der Waals surface area contributed by atoms with Crippen molar-refractivity contribution in [2.45, 2.75) is 26.9 Å². The van der Waals surface area contributed by atoms with Gasteiger partial charge in [0.25, 0.3) is 5.56 Å². The molecule has 0 aliphatic rings. The lowest BCUT2D eigenvalue weighted by Gasteiger charge is -2.10. The monoisotopic (exact) mass is 681 g/mol. The van der Waals surface area contributed by atoms with Crippen LogP contribution in [0.5, 0.6) is 17.2 Å². The van der Waals surface area contributed by atoms with E-state index in [1.54, 1.807) is 13.2 Å². The summed E-state index contributed by atoms with van der Waals surface area (Å²) in [5, 5.41) is 9.46. The van der Waals surface area contributed by atoms with Crippen LogP contribution in [-0.2, 0) is 6.61 Å². The number of hydrogen-bond acceptors (Lipinski definition) is 8. The van der Waals surface area contributed by atoms with Gasteiger partial charge >= 0.3 is 0 Å². The highest BCUT2D eigenvalue weighted by Crippen LogP contribution is 2.30. The molecule has 0 fully saturated rings. The summed E-state index contributed by atoms with van der Waals surface area (Å²) in [4.78, 5) is 18.7. The molecule has 3 aromatic heterocycles. The lowest BCUT2D eigenvalue weighted by atomic mass is 10.0. The molecule has 4 aromatic carbocycles. The van der Waals surface area contributed by atoms with E-state index >= 15 is 0 Å². The molecule has 0 N–H and O–H groups in total. The highest BCUT2D eigenvalue weighted by molar-refractivity contribution is 7.15. The van der Waals surface area contributed by atoms with Crippen molar-refractivity contribution in [3.8, 4) is 34.2 Å². The summed E-state index contributed by atoms with van der Waals surface area (Å²) in [6.45, 7) is 5.18. The Morgan fingerprint density at radius 2 is 1.62 bits per heavy atom. The molecule has 0 bridgehead atoms. The maximum atomic E-state index is 13.6. The molecule has 3 heterocycles. The van der Waals surface area contributed by atoms with E-state index in [2.05, 4.69) is 23.1 Å². The zero-order valence-electron chi connectivity index (χ0n) is 27.9. The fraction of sp³-hybridized carbons (Fsp3) is 0.150. The van der Waals surface area contributed by atoms with Gasteiger partial charge in [-0.3, -0.25) is 4.79 Å². The van der Waals surface area contributed by atoms with Crippen LogP contribution >= 0.6 is 11.3 Å². The van der Waals surface area contributed by atoms with Crippen LogP contribution in [0.25, 0.3) is 40.1 Å². The van der Waals surface area contributed by atoms with Crippen molar-refractivity contribution in [3.63, 3.8) is 0 Å². The number of para-hydroxylation sites is 1. The molecule has 0 amide bonds. The minimum absolute atomic E-state index is 0.240. The molecule has 9 nitrogen and oxygen atoms in total. The molecule has 0 aliphatic heterocycles. The zero-order chi connectivity index (χ0) is 34.5. The second-order valence-electron chi connectivity index (χ2n) is 11.6. The molecule has 0 saturated heterocycles. The first-order chi connectivity index (χ1) is 24.5. The van der Waals surface area contributed by atoms with E-state index in [0.717, 1.165) is 51.4 Å². The summed E-state index contributed by atoms with van der Waals surface area (Å²) < 4.78 is 21.1. The summed E-state index contributed by atoms with van der Waals surface area (Å²) in [5.41, 5.74) is 6.12. The van der Waals surface area contributed by atoms with E-state index in [0.29, 0.717) is 40.0 Å². The van der Waals surface area contributed by atoms with Crippen LogP contribution < -0.4 is 24.3 Å². The van der Waals surface area contributed by atoms with Crippen LogP contribution in [-0.4, -0.2) is 38.1 Å². The Labute approximate surface area is 293 Å². The fourth-order valence-corrected chi connectivity index (χ4v) is 6.38. The molecule has 0 atom stereocenters. The van der Waals surface area contributed by atoms with Crippen molar-refractivity contribution in [3.05, 3.63) is 146 Å². The molecule has 0 radical (unpaired) electrons. The zero-order valence-corrected chi connectivity index (χ0v) is 28.8. The molecular weight excluding hydrogens is 647 g/mol. The fourth-order valence-electron chi connectivity index (χ4n) is 5.47. The predicted octanol–water partition coefficient (Wildman–Crippen LogP) is 7.41. The van der Waals surface area contributed by atoms with E-state index in [1.165, 1.54) is 15.9 Å². The number of aromatic nitrogens is 5. The van der Waals surface area contributed by atoms with Gasteiger partial charge in [-0.1, -0.05) is 78.9 Å². The Balaban J connectivity index is 1.19. The molecule has 250 valence electrons. The lowest BCUT2D eigenvalue weighted by Crippen LogP contribution is -2.23. The molecule has 0 aliphatic carbocycles. The minimum atomic E-state index is -0.240. The Morgan fingerprint density at radius 3 is 2.36 bits per heavy atom. The van der Waals surface area contributed by atoms with E-state index in [9.17, 15) is 4.79 Å². The Kier molecular flexibility index (Phi) is 9.52. The first-order valence-corrected chi connectivity index (χ1v) is 17.1. The van der Waals surface area contributed by atoms with Crippen LogP contribution in [0, 0.1) is 6.92 Å². The minimum Gasteiger partial charge on any atom is -0.493 e. The Morgan fingerprint density at radius 1 is 0.840 bits per heavy atom. The van der Waals surface area contributed by atoms with Gasteiger partial charge in [0, 0.05) is 17.3 Å². The molecule has 0 unspecified atom stereocenters. The number of nitrogens with zero attached hydrogens (tertiary/aromatic N) is 5. The average molecular weight is 682 g/mol. The van der Waals surface area contributed by atoms with Crippen molar-refractivity contribution in [1.82, 2.24) is 24.4 Å². The summed E-state index contributed by atoms with van der Waals surface area (Å²) >= 11 is 1.29. The van der Waals surface area contributed by atoms with Gasteiger partial charge in [0.1, 0.15) is 18.1 Å². The van der Waals surface area contributed by atoms with Gasteiger partial charge in [-0.2, -0.15) is 14.6 Å². The number of hydrogen-bond donors (Lipinski definition) is 0. The number of fused-ring (bicyclic) bond motifs is 1. The summed E-state index contributed by atoms with van der Waals surface area (Å²) in [6.07, 6.45) is 8.38. The standard InChI is InChI=1S/C40H35N5O4S/c1-4-21-48-34-18-15-28(23-35(34)47-3)16-20-37-41-40-45(42-37)39(46)36(50-40)24-31-25-44(32-13-9-6-10-14-32)43-38(31)30-17-19-33(27(2)22-30)49-26-29-11-7-5-8-12-29/h5-20,22-25H,4,21,26H2,1-3H3/b20-16+,36-24-.